The molecule has 1 aliphatic rings. The molecule has 0 amide bonds. The monoisotopic (exact) mass is 380 g/mol. The van der Waals surface area contributed by atoms with Crippen LogP contribution in [0.3, 0.4) is 0 Å². The van der Waals surface area contributed by atoms with Gasteiger partial charge in [0.05, 0.1) is 23.4 Å². The van der Waals surface area contributed by atoms with Gasteiger partial charge in [0.25, 0.3) is 0 Å². The Hall–Kier alpha value is -1.46. The van der Waals surface area contributed by atoms with Gasteiger partial charge < -0.3 is 20.1 Å². The van der Waals surface area contributed by atoms with Crippen LogP contribution in [-0.2, 0) is 0 Å². The summed E-state index contributed by atoms with van der Waals surface area (Å²) in [7, 11) is 0. The van der Waals surface area contributed by atoms with Gasteiger partial charge in [0, 0.05) is 30.2 Å². The molecule has 4 nitrogen and oxygen atoms in total. The minimum Gasteiger partial charge on any atom is -0.491 e. The molecule has 1 heterocycles. The number of rotatable bonds is 5. The van der Waals surface area contributed by atoms with Crippen LogP contribution in [0.15, 0.2) is 42.5 Å². The Bertz CT molecular complexity index is 709. The van der Waals surface area contributed by atoms with Crippen LogP contribution in [0.1, 0.15) is 18.5 Å². The molecule has 2 aromatic rings. The molecule has 0 saturated carbocycles. The van der Waals surface area contributed by atoms with Crippen molar-refractivity contribution in [2.75, 3.05) is 31.2 Å². The zero-order valence-corrected chi connectivity index (χ0v) is 15.6. The molecular formula is C19H22Cl2N2O2. The first-order chi connectivity index (χ1) is 12.1. The lowest BCUT2D eigenvalue weighted by atomic mass is 9.99. The fraction of sp³-hybridized carbons (Fsp3) is 0.368. The van der Waals surface area contributed by atoms with Gasteiger partial charge in [0.2, 0.25) is 0 Å². The van der Waals surface area contributed by atoms with E-state index in [9.17, 15) is 0 Å². The Morgan fingerprint density at radius 3 is 2.60 bits per heavy atom. The summed E-state index contributed by atoms with van der Waals surface area (Å²) < 4.78 is 5.45. The lowest BCUT2D eigenvalue weighted by Crippen LogP contribution is -2.52. The summed E-state index contributed by atoms with van der Waals surface area (Å²) >= 11 is 12.6. The van der Waals surface area contributed by atoms with E-state index in [1.165, 1.54) is 5.56 Å². The van der Waals surface area contributed by atoms with Crippen molar-refractivity contribution in [3.05, 3.63) is 58.1 Å². The van der Waals surface area contributed by atoms with Crippen molar-refractivity contribution >= 4 is 28.9 Å². The van der Waals surface area contributed by atoms with Gasteiger partial charge in [-0.2, -0.15) is 0 Å². The van der Waals surface area contributed by atoms with Gasteiger partial charge in [-0.1, -0.05) is 35.3 Å². The molecule has 0 bridgehead atoms. The van der Waals surface area contributed by atoms with Gasteiger partial charge in [-0.15, -0.1) is 0 Å². The number of hydrogen-bond donors (Lipinski definition) is 2. The molecule has 134 valence electrons. The van der Waals surface area contributed by atoms with Crippen LogP contribution in [0.4, 0.5) is 5.69 Å². The van der Waals surface area contributed by atoms with Crippen molar-refractivity contribution in [1.82, 2.24) is 5.32 Å². The molecule has 2 N–H and O–H groups in total. The first-order valence-corrected chi connectivity index (χ1v) is 9.13. The van der Waals surface area contributed by atoms with E-state index in [4.69, 9.17) is 33.0 Å². The second-order valence-corrected chi connectivity index (χ2v) is 7.01. The summed E-state index contributed by atoms with van der Waals surface area (Å²) in [5, 5.41) is 13.7. The first-order valence-electron chi connectivity index (χ1n) is 8.38. The van der Waals surface area contributed by atoms with E-state index in [-0.39, 0.29) is 25.3 Å². The number of anilines is 1. The third-order valence-electron chi connectivity index (χ3n) is 4.40. The molecule has 6 heteroatoms. The topological polar surface area (TPSA) is 44.7 Å². The van der Waals surface area contributed by atoms with Crippen molar-refractivity contribution in [2.45, 2.75) is 19.0 Å². The van der Waals surface area contributed by atoms with Crippen LogP contribution >= 0.6 is 23.2 Å². The Labute approximate surface area is 158 Å². The van der Waals surface area contributed by atoms with Gasteiger partial charge in [0.1, 0.15) is 12.4 Å². The largest absolute Gasteiger partial charge is 0.491 e. The SMILES string of the molecule is C[C@H]1CNC[C@@H](c2ccc(Cl)cc2)N1c1ccc(OCCO)cc1Cl. The number of nitrogens with one attached hydrogen (secondary N) is 1. The number of nitrogens with zero attached hydrogens (tertiary/aromatic N) is 1. The molecule has 1 fully saturated rings. The zero-order valence-electron chi connectivity index (χ0n) is 14.1. The van der Waals surface area contributed by atoms with Crippen LogP contribution in [0, 0.1) is 0 Å². The molecule has 0 radical (unpaired) electrons. The number of aliphatic hydroxyl groups excluding tert-OH is 1. The highest BCUT2D eigenvalue weighted by Crippen LogP contribution is 2.37. The van der Waals surface area contributed by atoms with Crippen LogP contribution in [-0.4, -0.2) is 37.5 Å². The highest BCUT2D eigenvalue weighted by molar-refractivity contribution is 6.33. The Morgan fingerprint density at radius 1 is 1.16 bits per heavy atom. The second kappa shape index (κ2) is 8.28. The maximum atomic E-state index is 8.89. The van der Waals surface area contributed by atoms with Crippen molar-refractivity contribution in [1.29, 1.82) is 0 Å². The molecular weight excluding hydrogens is 359 g/mol. The summed E-state index contributed by atoms with van der Waals surface area (Å²) in [6.07, 6.45) is 0. The molecule has 0 spiro atoms. The van der Waals surface area contributed by atoms with E-state index in [0.29, 0.717) is 10.8 Å². The lowest BCUT2D eigenvalue weighted by molar-refractivity contribution is 0.201. The fourth-order valence-electron chi connectivity index (χ4n) is 3.25. The van der Waals surface area contributed by atoms with E-state index in [1.54, 1.807) is 6.07 Å². The normalized spacial score (nSPS) is 20.6. The van der Waals surface area contributed by atoms with Crippen molar-refractivity contribution < 1.29 is 9.84 Å². The van der Waals surface area contributed by atoms with E-state index in [0.717, 1.165) is 23.8 Å². The number of ether oxygens (including phenoxy) is 1. The smallest absolute Gasteiger partial charge is 0.121 e. The summed E-state index contributed by atoms with van der Waals surface area (Å²) in [6.45, 7) is 4.15. The molecule has 0 unspecified atom stereocenters. The maximum absolute atomic E-state index is 8.89. The number of piperazine rings is 1. The highest BCUT2D eigenvalue weighted by atomic mass is 35.5. The minimum atomic E-state index is -0.0210. The quantitative estimate of drug-likeness (QED) is 0.825. The summed E-state index contributed by atoms with van der Waals surface area (Å²) in [6, 6.07) is 14.1. The van der Waals surface area contributed by atoms with E-state index < -0.39 is 0 Å². The third kappa shape index (κ3) is 4.21. The minimum absolute atomic E-state index is 0.0210. The van der Waals surface area contributed by atoms with Crippen molar-refractivity contribution in [2.24, 2.45) is 0 Å². The lowest BCUT2D eigenvalue weighted by Gasteiger charge is -2.43. The summed E-state index contributed by atoms with van der Waals surface area (Å²) in [4.78, 5) is 2.35. The summed E-state index contributed by atoms with van der Waals surface area (Å²) in [5.74, 6) is 0.661. The number of benzene rings is 2. The molecule has 25 heavy (non-hydrogen) atoms. The molecule has 1 aliphatic heterocycles. The van der Waals surface area contributed by atoms with Crippen LogP contribution in [0.2, 0.25) is 10.0 Å². The van der Waals surface area contributed by atoms with E-state index in [2.05, 4.69) is 29.3 Å². The van der Waals surface area contributed by atoms with E-state index >= 15 is 0 Å². The number of aliphatic hydroxyl groups is 1. The number of hydrogen-bond acceptors (Lipinski definition) is 4. The molecule has 3 rings (SSSR count). The average Bonchev–Trinajstić information content (AvgIpc) is 2.61. The third-order valence-corrected chi connectivity index (χ3v) is 4.95. The summed E-state index contributed by atoms with van der Waals surface area (Å²) in [5.41, 5.74) is 2.17. The van der Waals surface area contributed by atoms with Crippen molar-refractivity contribution in [3.8, 4) is 5.75 Å². The van der Waals surface area contributed by atoms with Gasteiger partial charge in [-0.05, 0) is 36.8 Å². The number of halogens is 2. The van der Waals surface area contributed by atoms with E-state index in [1.807, 2.05) is 24.3 Å². The molecule has 0 aliphatic carbocycles. The molecule has 2 aromatic carbocycles. The van der Waals surface area contributed by atoms with Crippen molar-refractivity contribution in [3.63, 3.8) is 0 Å². The Morgan fingerprint density at radius 2 is 1.92 bits per heavy atom. The standard InChI is InChI=1S/C19H22Cl2N2O2/c1-13-11-22-12-19(14-2-4-15(20)5-3-14)23(13)18-7-6-16(10-17(18)21)25-9-8-24/h2-7,10,13,19,22,24H,8-9,11-12H2,1H3/t13-,19-/m0/s1. The molecule has 0 aromatic heterocycles. The average molecular weight is 381 g/mol. The Kier molecular flexibility index (Phi) is 6.07. The molecule has 2 atom stereocenters. The fourth-order valence-corrected chi connectivity index (χ4v) is 3.65. The highest BCUT2D eigenvalue weighted by Gasteiger charge is 2.30. The van der Waals surface area contributed by atoms with Crippen LogP contribution in [0.25, 0.3) is 0 Å². The zero-order chi connectivity index (χ0) is 17.8. The Balaban J connectivity index is 1.92. The van der Waals surface area contributed by atoms with Crippen LogP contribution < -0.4 is 15.0 Å². The predicted octanol–water partition coefficient (Wildman–Crippen LogP) is 3.90. The van der Waals surface area contributed by atoms with Crippen LogP contribution in [0.5, 0.6) is 5.75 Å². The van der Waals surface area contributed by atoms with Gasteiger partial charge >= 0.3 is 0 Å². The van der Waals surface area contributed by atoms with Gasteiger partial charge in [-0.25, -0.2) is 0 Å². The molecule has 1 saturated heterocycles. The predicted molar refractivity (Wildman–Crippen MR) is 103 cm³/mol. The van der Waals surface area contributed by atoms with Gasteiger partial charge in [-0.3, -0.25) is 0 Å². The first kappa shape index (κ1) is 18.3. The second-order valence-electron chi connectivity index (χ2n) is 6.17. The van der Waals surface area contributed by atoms with Gasteiger partial charge in [0.15, 0.2) is 0 Å². The maximum Gasteiger partial charge on any atom is 0.121 e.